The molecule has 0 aromatic heterocycles. The molecule has 0 spiro atoms. The fourth-order valence-corrected chi connectivity index (χ4v) is 6.19. The number of rotatable bonds is 17. The van der Waals surface area contributed by atoms with Crippen molar-refractivity contribution in [3.05, 3.63) is 59.7 Å². The highest BCUT2D eigenvalue weighted by Crippen LogP contribution is 2.38. The number of carbonyl (C=O) groups is 3. The third-order valence-electron chi connectivity index (χ3n) is 6.78. The molecule has 1 aliphatic rings. The first-order chi connectivity index (χ1) is 20.5. The molecule has 0 bridgehead atoms. The van der Waals surface area contributed by atoms with Crippen LogP contribution in [0.5, 0.6) is 11.5 Å². The Balaban J connectivity index is 2.40. The van der Waals surface area contributed by atoms with Crippen molar-refractivity contribution < 1.29 is 47.2 Å². The fourth-order valence-electron chi connectivity index (χ4n) is 4.82. The number of carbonyl (C=O) groups excluding carboxylic acids is 3. The molecule has 0 N–H and O–H groups in total. The molecule has 2 rings (SSSR count). The van der Waals surface area contributed by atoms with Crippen molar-refractivity contribution in [3.63, 3.8) is 0 Å². The highest BCUT2D eigenvalue weighted by atomic mass is 28.4. The molecule has 0 radical (unpaired) electrons. The SMILES string of the molecule is COc1ccc(CCCC2(O[Si](C)(C)C)C=CC(=O)C2=CC=C[C@H](OC(C)=O)[C@@H](COC(C)=O)OC(C)(C)OC)cc1OC. The van der Waals surface area contributed by atoms with E-state index in [2.05, 4.69) is 19.6 Å². The van der Waals surface area contributed by atoms with Gasteiger partial charge in [0.05, 0.1) is 14.2 Å². The summed E-state index contributed by atoms with van der Waals surface area (Å²) >= 11 is 0. The molecule has 0 saturated carbocycles. The summed E-state index contributed by atoms with van der Waals surface area (Å²) in [5.74, 6) is -0.956. The predicted molar refractivity (Wildman–Crippen MR) is 169 cm³/mol. The molecule has 10 nitrogen and oxygen atoms in total. The molecular formula is C33H48O10Si. The Morgan fingerprint density at radius 1 is 1.02 bits per heavy atom. The van der Waals surface area contributed by atoms with Crippen molar-refractivity contribution in [1.82, 2.24) is 0 Å². The molecule has 0 aliphatic heterocycles. The van der Waals surface area contributed by atoms with Crippen LogP contribution in [0.3, 0.4) is 0 Å². The lowest BCUT2D eigenvalue weighted by atomic mass is 9.89. The zero-order valence-corrected chi connectivity index (χ0v) is 28.7. The van der Waals surface area contributed by atoms with Gasteiger partial charge in [0.25, 0.3) is 0 Å². The van der Waals surface area contributed by atoms with Crippen molar-refractivity contribution in [3.8, 4) is 11.5 Å². The summed E-state index contributed by atoms with van der Waals surface area (Å²) in [6.07, 6.45) is 8.56. The lowest BCUT2D eigenvalue weighted by Gasteiger charge is -2.36. The van der Waals surface area contributed by atoms with Crippen LogP contribution in [-0.2, 0) is 44.2 Å². The molecule has 44 heavy (non-hydrogen) atoms. The molecule has 0 saturated heterocycles. The summed E-state index contributed by atoms with van der Waals surface area (Å²) in [7, 11) is 2.55. The average Bonchev–Trinajstić information content (AvgIpc) is 3.23. The van der Waals surface area contributed by atoms with Gasteiger partial charge in [0, 0.05) is 26.5 Å². The molecule has 0 fully saturated rings. The van der Waals surface area contributed by atoms with Gasteiger partial charge in [0.15, 0.2) is 31.4 Å². The van der Waals surface area contributed by atoms with Gasteiger partial charge in [-0.2, -0.15) is 0 Å². The standard InChI is InChI=1S/C33H48O10Si/c1-23(34)40-22-31(42-32(3,4)39-7)29(41-24(2)35)15-11-14-26-27(36)18-20-33(26,43-44(8,9)10)19-12-13-25-16-17-28(37-5)30(21-25)38-6/h11,14-18,20-21,29,31H,12-13,19,22H2,1-10H3/t29-,31+,33?/m0/s1. The van der Waals surface area contributed by atoms with E-state index in [0.717, 1.165) is 18.4 Å². The third kappa shape index (κ3) is 11.3. The second-order valence-corrected chi connectivity index (χ2v) is 16.4. The minimum atomic E-state index is -2.13. The first-order valence-corrected chi connectivity index (χ1v) is 18.0. The van der Waals surface area contributed by atoms with Crippen LogP contribution in [-0.4, -0.2) is 77.6 Å². The van der Waals surface area contributed by atoms with Crippen LogP contribution in [0.2, 0.25) is 19.6 Å². The molecular weight excluding hydrogens is 584 g/mol. The summed E-state index contributed by atoms with van der Waals surface area (Å²) in [5, 5.41) is 0. The largest absolute Gasteiger partial charge is 0.493 e. The van der Waals surface area contributed by atoms with E-state index in [1.165, 1.54) is 21.0 Å². The summed E-state index contributed by atoms with van der Waals surface area (Å²) < 4.78 is 39.6. The lowest BCUT2D eigenvalue weighted by molar-refractivity contribution is -0.246. The highest BCUT2D eigenvalue weighted by Gasteiger charge is 2.42. The van der Waals surface area contributed by atoms with Crippen LogP contribution in [0, 0.1) is 0 Å². The van der Waals surface area contributed by atoms with E-state index in [0.29, 0.717) is 23.5 Å². The van der Waals surface area contributed by atoms with Crippen LogP contribution in [0.4, 0.5) is 0 Å². The van der Waals surface area contributed by atoms with Gasteiger partial charge in [-0.15, -0.1) is 0 Å². The maximum absolute atomic E-state index is 13.2. The molecule has 0 amide bonds. The van der Waals surface area contributed by atoms with Gasteiger partial charge in [-0.05, 0) is 88.7 Å². The third-order valence-corrected chi connectivity index (χ3v) is 7.76. The Kier molecular flexibility index (Phi) is 13.6. The van der Waals surface area contributed by atoms with Crippen LogP contribution in [0.25, 0.3) is 0 Å². The van der Waals surface area contributed by atoms with E-state index in [4.69, 9.17) is 32.8 Å². The number of benzene rings is 1. The van der Waals surface area contributed by atoms with E-state index in [9.17, 15) is 14.4 Å². The minimum absolute atomic E-state index is 0.156. The molecule has 1 aromatic carbocycles. The van der Waals surface area contributed by atoms with Crippen molar-refractivity contribution in [2.45, 2.75) is 90.2 Å². The van der Waals surface area contributed by atoms with Crippen molar-refractivity contribution in [2.24, 2.45) is 0 Å². The maximum Gasteiger partial charge on any atom is 0.303 e. The van der Waals surface area contributed by atoms with Gasteiger partial charge in [-0.1, -0.05) is 18.2 Å². The fraction of sp³-hybridized carbons (Fsp3) is 0.545. The lowest BCUT2D eigenvalue weighted by Crippen LogP contribution is -2.43. The number of aryl methyl sites for hydroxylation is 1. The molecule has 3 atom stereocenters. The van der Waals surface area contributed by atoms with Crippen molar-refractivity contribution >= 4 is 26.0 Å². The molecule has 1 aromatic rings. The van der Waals surface area contributed by atoms with Crippen LogP contribution >= 0.6 is 0 Å². The smallest absolute Gasteiger partial charge is 0.303 e. The predicted octanol–water partition coefficient (Wildman–Crippen LogP) is 5.50. The number of ketones is 1. The van der Waals surface area contributed by atoms with E-state index >= 15 is 0 Å². The quantitative estimate of drug-likeness (QED) is 0.0943. The summed E-state index contributed by atoms with van der Waals surface area (Å²) in [5.41, 5.74) is 0.650. The normalized spacial score (nSPS) is 19.3. The Hall–Kier alpha value is -3.25. The van der Waals surface area contributed by atoms with Gasteiger partial charge in [0.2, 0.25) is 0 Å². The Morgan fingerprint density at radius 3 is 2.27 bits per heavy atom. The zero-order valence-electron chi connectivity index (χ0n) is 27.7. The van der Waals surface area contributed by atoms with Gasteiger partial charge < -0.3 is 32.8 Å². The van der Waals surface area contributed by atoms with Crippen LogP contribution in [0.1, 0.15) is 46.1 Å². The van der Waals surface area contributed by atoms with Crippen LogP contribution < -0.4 is 9.47 Å². The minimum Gasteiger partial charge on any atom is -0.493 e. The molecule has 1 unspecified atom stereocenters. The van der Waals surface area contributed by atoms with Gasteiger partial charge in [0.1, 0.15) is 24.4 Å². The second kappa shape index (κ2) is 16.2. The summed E-state index contributed by atoms with van der Waals surface area (Å²) in [6.45, 7) is 12.0. The number of ether oxygens (including phenoxy) is 6. The Bertz CT molecular complexity index is 1240. The van der Waals surface area contributed by atoms with E-state index in [1.807, 2.05) is 24.3 Å². The maximum atomic E-state index is 13.2. The topological polar surface area (TPSA) is 116 Å². The average molecular weight is 633 g/mol. The molecule has 1 aliphatic carbocycles. The summed E-state index contributed by atoms with van der Waals surface area (Å²) in [4.78, 5) is 36.8. The van der Waals surface area contributed by atoms with Gasteiger partial charge in [-0.25, -0.2) is 0 Å². The Morgan fingerprint density at radius 2 is 1.70 bits per heavy atom. The molecule has 11 heteroatoms. The number of hydrogen-bond donors (Lipinski definition) is 0. The molecule has 244 valence electrons. The number of esters is 2. The summed E-state index contributed by atoms with van der Waals surface area (Å²) in [6, 6.07) is 5.83. The van der Waals surface area contributed by atoms with Crippen molar-refractivity contribution in [1.29, 1.82) is 0 Å². The number of allylic oxidation sites excluding steroid dienone is 3. The first kappa shape index (κ1) is 36.9. The highest BCUT2D eigenvalue weighted by molar-refractivity contribution is 6.70. The van der Waals surface area contributed by atoms with Gasteiger partial charge >= 0.3 is 11.9 Å². The Labute approximate surface area is 262 Å². The number of hydrogen-bond acceptors (Lipinski definition) is 10. The van der Waals surface area contributed by atoms with E-state index < -0.39 is 43.9 Å². The number of methoxy groups -OCH3 is 3. The monoisotopic (exact) mass is 632 g/mol. The second-order valence-electron chi connectivity index (χ2n) is 11.9. The zero-order chi connectivity index (χ0) is 33.1. The van der Waals surface area contributed by atoms with Gasteiger partial charge in [-0.3, -0.25) is 14.4 Å². The van der Waals surface area contributed by atoms with Crippen molar-refractivity contribution in [2.75, 3.05) is 27.9 Å². The van der Waals surface area contributed by atoms with E-state index in [-0.39, 0.29) is 12.4 Å². The first-order valence-electron chi connectivity index (χ1n) is 14.6. The molecule has 0 heterocycles. The van der Waals surface area contributed by atoms with E-state index in [1.54, 1.807) is 52.4 Å². The van der Waals surface area contributed by atoms with Crippen LogP contribution in [0.15, 0.2) is 54.2 Å².